The van der Waals surface area contributed by atoms with Crippen molar-refractivity contribution < 1.29 is 8.42 Å². The van der Waals surface area contributed by atoms with Gasteiger partial charge in [-0.25, -0.2) is 8.42 Å². The van der Waals surface area contributed by atoms with E-state index in [2.05, 4.69) is 4.98 Å². The number of para-hydroxylation sites is 1. The predicted molar refractivity (Wildman–Crippen MR) is 127 cm³/mol. The molecule has 1 aromatic heterocycles. The fourth-order valence-electron chi connectivity index (χ4n) is 4.14. The van der Waals surface area contributed by atoms with Crippen LogP contribution in [-0.4, -0.2) is 18.0 Å². The minimum absolute atomic E-state index is 0.0217. The van der Waals surface area contributed by atoms with Crippen molar-refractivity contribution in [2.45, 2.75) is 30.4 Å². The Balaban J connectivity index is 1.46. The molecule has 1 aliphatic heterocycles. The highest BCUT2D eigenvalue weighted by Crippen LogP contribution is 2.29. The molecule has 4 aromatic rings. The number of hydrogen-bond donors (Lipinski definition) is 0. The van der Waals surface area contributed by atoms with E-state index in [9.17, 15) is 13.2 Å². The second kappa shape index (κ2) is 7.88. The fourth-order valence-corrected chi connectivity index (χ4v) is 5.49. The van der Waals surface area contributed by atoms with Gasteiger partial charge in [0.15, 0.2) is 9.84 Å². The molecular formula is C26H22N2O3S. The number of allylic oxidation sites excluding steroid dienone is 1. The minimum Gasteiger partial charge on any atom is -0.301 e. The lowest BCUT2D eigenvalue weighted by molar-refractivity contribution is 0.595. The Hall–Kier alpha value is -3.51. The summed E-state index contributed by atoms with van der Waals surface area (Å²) in [6, 6.07) is 22.0. The zero-order chi connectivity index (χ0) is 22.3. The van der Waals surface area contributed by atoms with Crippen LogP contribution in [0.3, 0.4) is 0 Å². The first-order valence-corrected chi connectivity index (χ1v) is 12.2. The van der Waals surface area contributed by atoms with Crippen LogP contribution in [0.15, 0.2) is 82.5 Å². The van der Waals surface area contributed by atoms with E-state index in [4.69, 9.17) is 0 Å². The van der Waals surface area contributed by atoms with Crippen LogP contribution in [0.25, 0.3) is 22.7 Å². The van der Waals surface area contributed by atoms with Crippen molar-refractivity contribution in [2.75, 3.05) is 0 Å². The molecule has 0 radical (unpaired) electrons. The van der Waals surface area contributed by atoms with Gasteiger partial charge in [0, 0.05) is 12.1 Å². The number of hydrogen-bond acceptors (Lipinski definition) is 4. The smallest absolute Gasteiger partial charge is 0.280 e. The van der Waals surface area contributed by atoms with E-state index in [0.29, 0.717) is 16.7 Å². The predicted octanol–water partition coefficient (Wildman–Crippen LogP) is 4.62. The molecule has 0 spiro atoms. The van der Waals surface area contributed by atoms with E-state index in [1.807, 2.05) is 72.2 Å². The molecule has 0 aliphatic carbocycles. The molecule has 0 fully saturated rings. The normalized spacial score (nSPS) is 14.7. The van der Waals surface area contributed by atoms with E-state index < -0.39 is 9.84 Å². The van der Waals surface area contributed by atoms with Gasteiger partial charge in [0.1, 0.15) is 5.82 Å². The third-order valence-corrected chi connectivity index (χ3v) is 7.51. The molecule has 2 heterocycles. The Bertz CT molecular complexity index is 1510. The van der Waals surface area contributed by atoms with Crippen molar-refractivity contribution in [3.05, 3.63) is 106 Å². The van der Waals surface area contributed by atoms with Gasteiger partial charge in [0.25, 0.3) is 5.56 Å². The van der Waals surface area contributed by atoms with Crippen molar-refractivity contribution in [3.8, 4) is 0 Å². The SMILES string of the molecule is Cc1ccc(CS(=O)(=O)c2ccc(C=C3CCc4nc(=O)c5ccccc5n43)cc2)cc1. The van der Waals surface area contributed by atoms with Gasteiger partial charge in [-0.15, -0.1) is 0 Å². The van der Waals surface area contributed by atoms with Crippen LogP contribution >= 0.6 is 0 Å². The molecule has 1 aliphatic rings. The van der Waals surface area contributed by atoms with Gasteiger partial charge < -0.3 is 4.57 Å². The van der Waals surface area contributed by atoms with Crippen molar-refractivity contribution in [1.29, 1.82) is 0 Å². The number of fused-ring (bicyclic) bond motifs is 3. The van der Waals surface area contributed by atoms with E-state index in [-0.39, 0.29) is 11.3 Å². The molecule has 0 saturated carbocycles. The van der Waals surface area contributed by atoms with Crippen LogP contribution in [-0.2, 0) is 22.0 Å². The maximum Gasteiger partial charge on any atom is 0.280 e. The Morgan fingerprint density at radius 1 is 0.938 bits per heavy atom. The average Bonchev–Trinajstić information content (AvgIpc) is 3.18. The summed E-state index contributed by atoms with van der Waals surface area (Å²) in [4.78, 5) is 16.8. The number of aryl methyl sites for hydroxylation is 2. The molecule has 0 bridgehead atoms. The lowest BCUT2D eigenvalue weighted by Gasteiger charge is -2.10. The average molecular weight is 443 g/mol. The minimum atomic E-state index is -3.42. The third kappa shape index (κ3) is 3.78. The summed E-state index contributed by atoms with van der Waals surface area (Å²) in [6.45, 7) is 1.98. The summed E-state index contributed by atoms with van der Waals surface area (Å²) in [5.41, 5.74) is 4.48. The summed E-state index contributed by atoms with van der Waals surface area (Å²) in [5, 5.41) is 0.599. The first-order valence-electron chi connectivity index (χ1n) is 10.5. The highest BCUT2D eigenvalue weighted by molar-refractivity contribution is 7.90. The van der Waals surface area contributed by atoms with E-state index in [0.717, 1.165) is 40.1 Å². The maximum atomic E-state index is 12.8. The van der Waals surface area contributed by atoms with Crippen LogP contribution in [0.5, 0.6) is 0 Å². The standard InChI is InChI=1S/C26H22N2O3S/c1-18-6-8-20(9-7-18)17-32(30,31)22-13-10-19(11-14-22)16-21-12-15-25-27-26(29)23-4-2-3-5-24(23)28(21)25/h2-11,13-14,16H,12,15,17H2,1H3. The van der Waals surface area contributed by atoms with Crippen molar-refractivity contribution in [2.24, 2.45) is 0 Å². The number of aromatic nitrogens is 2. The van der Waals surface area contributed by atoms with Crippen LogP contribution in [0.2, 0.25) is 0 Å². The summed E-state index contributed by atoms with van der Waals surface area (Å²) >= 11 is 0. The molecule has 5 nitrogen and oxygen atoms in total. The molecule has 32 heavy (non-hydrogen) atoms. The largest absolute Gasteiger partial charge is 0.301 e. The van der Waals surface area contributed by atoms with Crippen molar-refractivity contribution >= 4 is 32.5 Å². The monoisotopic (exact) mass is 442 g/mol. The Labute approximate surface area is 186 Å². The van der Waals surface area contributed by atoms with Gasteiger partial charge in [-0.2, -0.15) is 4.98 Å². The van der Waals surface area contributed by atoms with E-state index >= 15 is 0 Å². The third-order valence-electron chi connectivity index (χ3n) is 5.81. The summed E-state index contributed by atoms with van der Waals surface area (Å²) < 4.78 is 27.7. The van der Waals surface area contributed by atoms with Crippen molar-refractivity contribution in [1.82, 2.24) is 9.55 Å². The van der Waals surface area contributed by atoms with Gasteiger partial charge in [-0.1, -0.05) is 54.1 Å². The Morgan fingerprint density at radius 3 is 2.41 bits per heavy atom. The van der Waals surface area contributed by atoms with Crippen LogP contribution < -0.4 is 5.56 Å². The second-order valence-electron chi connectivity index (χ2n) is 8.14. The van der Waals surface area contributed by atoms with Gasteiger partial charge >= 0.3 is 0 Å². The molecule has 0 N–H and O–H groups in total. The first-order chi connectivity index (χ1) is 15.4. The quantitative estimate of drug-likeness (QED) is 0.462. The molecule has 0 saturated heterocycles. The zero-order valence-electron chi connectivity index (χ0n) is 17.7. The second-order valence-corrected chi connectivity index (χ2v) is 10.1. The zero-order valence-corrected chi connectivity index (χ0v) is 18.5. The number of rotatable bonds is 4. The molecule has 0 atom stereocenters. The highest BCUT2D eigenvalue weighted by atomic mass is 32.2. The number of nitrogens with zero attached hydrogens (tertiary/aromatic N) is 2. The first kappa shape index (κ1) is 20.4. The molecule has 6 heteroatoms. The van der Waals surface area contributed by atoms with E-state index in [1.165, 1.54) is 0 Å². The Morgan fingerprint density at radius 2 is 1.66 bits per heavy atom. The van der Waals surface area contributed by atoms with Crippen molar-refractivity contribution in [3.63, 3.8) is 0 Å². The van der Waals surface area contributed by atoms with Gasteiger partial charge in [-0.05, 0) is 54.8 Å². The van der Waals surface area contributed by atoms with Crippen LogP contribution in [0, 0.1) is 6.92 Å². The highest BCUT2D eigenvalue weighted by Gasteiger charge is 2.20. The maximum absolute atomic E-state index is 12.8. The molecule has 0 unspecified atom stereocenters. The van der Waals surface area contributed by atoms with Gasteiger partial charge in [0.2, 0.25) is 0 Å². The number of sulfone groups is 1. The Kier molecular flexibility index (Phi) is 5.02. The molecule has 5 rings (SSSR count). The molecule has 160 valence electrons. The van der Waals surface area contributed by atoms with Crippen LogP contribution in [0.4, 0.5) is 0 Å². The lowest BCUT2D eigenvalue weighted by atomic mass is 10.1. The van der Waals surface area contributed by atoms with Gasteiger partial charge in [0.05, 0.1) is 21.6 Å². The molecule has 3 aromatic carbocycles. The number of benzene rings is 3. The summed E-state index contributed by atoms with van der Waals surface area (Å²) in [7, 11) is -3.42. The molecular weight excluding hydrogens is 420 g/mol. The fraction of sp³-hybridized carbons (Fsp3) is 0.154. The summed E-state index contributed by atoms with van der Waals surface area (Å²) in [5.74, 6) is 0.740. The topological polar surface area (TPSA) is 69.0 Å². The lowest BCUT2D eigenvalue weighted by Crippen LogP contribution is -2.14. The van der Waals surface area contributed by atoms with E-state index in [1.54, 1.807) is 18.2 Å². The molecule has 0 amide bonds. The van der Waals surface area contributed by atoms with Gasteiger partial charge in [-0.3, -0.25) is 4.79 Å². The van der Waals surface area contributed by atoms with Crippen LogP contribution in [0.1, 0.15) is 28.9 Å². The summed E-state index contributed by atoms with van der Waals surface area (Å²) in [6.07, 6.45) is 3.51.